The average molecular weight is 279 g/mol. The van der Waals surface area contributed by atoms with E-state index in [4.69, 9.17) is 9.47 Å². The van der Waals surface area contributed by atoms with Gasteiger partial charge in [-0.3, -0.25) is 0 Å². The van der Waals surface area contributed by atoms with Crippen LogP contribution in [0.5, 0.6) is 11.5 Å². The average Bonchev–Trinajstić information content (AvgIpc) is 2.90. The molecule has 1 saturated carbocycles. The summed E-state index contributed by atoms with van der Waals surface area (Å²) >= 11 is 0. The van der Waals surface area contributed by atoms with Gasteiger partial charge in [-0.2, -0.15) is 0 Å². The fourth-order valence-electron chi connectivity index (χ4n) is 2.67. The van der Waals surface area contributed by atoms with Crippen LogP contribution in [-0.4, -0.2) is 31.0 Å². The predicted octanol–water partition coefficient (Wildman–Crippen LogP) is 2.49. The van der Waals surface area contributed by atoms with E-state index in [0.717, 1.165) is 55.8 Å². The van der Waals surface area contributed by atoms with E-state index in [1.165, 1.54) is 0 Å². The molecule has 0 bridgehead atoms. The van der Waals surface area contributed by atoms with E-state index >= 15 is 0 Å². The second kappa shape index (κ2) is 6.95. The molecule has 1 aromatic carbocycles. The van der Waals surface area contributed by atoms with Crippen LogP contribution in [-0.2, 0) is 6.54 Å². The number of methoxy groups -OCH3 is 1. The molecule has 0 atom stereocenters. The first kappa shape index (κ1) is 15.1. The molecule has 0 spiro atoms. The van der Waals surface area contributed by atoms with Crippen molar-refractivity contribution in [3.05, 3.63) is 23.8 Å². The quantitative estimate of drug-likeness (QED) is 0.805. The molecular weight excluding hydrogens is 254 g/mol. The number of nitrogens with one attached hydrogen (secondary N) is 1. The number of benzene rings is 1. The maximum atomic E-state index is 10.4. The normalized spacial score (nSPS) is 17.1. The first-order valence-corrected chi connectivity index (χ1v) is 7.40. The summed E-state index contributed by atoms with van der Waals surface area (Å²) in [6, 6.07) is 5.88. The Morgan fingerprint density at radius 3 is 2.70 bits per heavy atom. The number of hydrogen-bond donors (Lipinski definition) is 2. The van der Waals surface area contributed by atoms with Gasteiger partial charge in [0.15, 0.2) is 11.5 Å². The van der Waals surface area contributed by atoms with Crippen LogP contribution in [0, 0.1) is 0 Å². The molecule has 0 saturated heterocycles. The summed E-state index contributed by atoms with van der Waals surface area (Å²) in [7, 11) is 1.64. The number of ether oxygens (including phenoxy) is 2. The summed E-state index contributed by atoms with van der Waals surface area (Å²) < 4.78 is 11.3. The van der Waals surface area contributed by atoms with Crippen molar-refractivity contribution in [1.29, 1.82) is 0 Å². The van der Waals surface area contributed by atoms with Crippen LogP contribution in [0.3, 0.4) is 0 Å². The van der Waals surface area contributed by atoms with Crippen LogP contribution < -0.4 is 14.8 Å². The van der Waals surface area contributed by atoms with Crippen molar-refractivity contribution in [2.45, 2.75) is 44.8 Å². The molecule has 1 aliphatic rings. The molecule has 1 fully saturated rings. The Morgan fingerprint density at radius 2 is 2.05 bits per heavy atom. The van der Waals surface area contributed by atoms with Crippen LogP contribution >= 0.6 is 0 Å². The molecule has 0 unspecified atom stereocenters. The molecule has 4 heteroatoms. The highest BCUT2D eigenvalue weighted by Crippen LogP contribution is 2.34. The number of rotatable bonds is 7. The third kappa shape index (κ3) is 3.64. The first-order chi connectivity index (χ1) is 9.68. The third-order valence-electron chi connectivity index (χ3n) is 3.87. The van der Waals surface area contributed by atoms with Gasteiger partial charge in [0, 0.05) is 12.1 Å². The Balaban J connectivity index is 2.10. The van der Waals surface area contributed by atoms with Crippen LogP contribution in [0.4, 0.5) is 0 Å². The zero-order valence-corrected chi connectivity index (χ0v) is 12.4. The van der Waals surface area contributed by atoms with Gasteiger partial charge in [0.05, 0.1) is 12.7 Å². The summed E-state index contributed by atoms with van der Waals surface area (Å²) in [5.74, 6) is 1.47. The van der Waals surface area contributed by atoms with Crippen molar-refractivity contribution in [2.75, 3.05) is 20.3 Å². The lowest BCUT2D eigenvalue weighted by molar-refractivity contribution is 0.000426. The Kier molecular flexibility index (Phi) is 5.26. The highest BCUT2D eigenvalue weighted by Gasteiger charge is 2.32. The minimum atomic E-state index is -0.670. The second-order valence-corrected chi connectivity index (χ2v) is 5.45. The van der Waals surface area contributed by atoms with E-state index in [2.05, 4.69) is 12.2 Å². The minimum absolute atomic E-state index is 0.340. The van der Waals surface area contributed by atoms with Crippen LogP contribution in [0.1, 0.15) is 38.2 Å². The van der Waals surface area contributed by atoms with Crippen molar-refractivity contribution in [3.63, 3.8) is 0 Å². The van der Waals surface area contributed by atoms with Gasteiger partial charge in [-0.15, -0.1) is 0 Å². The minimum Gasteiger partial charge on any atom is -0.493 e. The van der Waals surface area contributed by atoms with Gasteiger partial charge in [-0.05, 0) is 25.5 Å². The van der Waals surface area contributed by atoms with Crippen LogP contribution in [0.15, 0.2) is 18.2 Å². The summed E-state index contributed by atoms with van der Waals surface area (Å²) in [6.45, 7) is 4.05. The summed E-state index contributed by atoms with van der Waals surface area (Å²) in [6.07, 6.45) is 3.81. The Labute approximate surface area is 121 Å². The van der Waals surface area contributed by atoms with Crippen molar-refractivity contribution in [2.24, 2.45) is 0 Å². The second-order valence-electron chi connectivity index (χ2n) is 5.45. The molecular formula is C16H25NO3. The first-order valence-electron chi connectivity index (χ1n) is 7.40. The SMILES string of the molecule is CCNCc1cccc(OC)c1OCC1(O)CCCC1. The molecule has 4 nitrogen and oxygen atoms in total. The van der Waals surface area contributed by atoms with E-state index in [1.54, 1.807) is 7.11 Å². The van der Waals surface area contributed by atoms with Crippen molar-refractivity contribution < 1.29 is 14.6 Å². The molecule has 112 valence electrons. The lowest BCUT2D eigenvalue weighted by atomic mass is 10.0. The topological polar surface area (TPSA) is 50.7 Å². The maximum Gasteiger partial charge on any atom is 0.165 e. The van der Waals surface area contributed by atoms with E-state index < -0.39 is 5.60 Å². The van der Waals surface area contributed by atoms with Gasteiger partial charge >= 0.3 is 0 Å². The molecule has 0 radical (unpaired) electrons. The Morgan fingerprint density at radius 1 is 1.30 bits per heavy atom. The Bertz CT molecular complexity index is 428. The van der Waals surface area contributed by atoms with E-state index in [1.807, 2.05) is 18.2 Å². The number of para-hydroxylation sites is 1. The monoisotopic (exact) mass is 279 g/mol. The van der Waals surface area contributed by atoms with Crippen LogP contribution in [0.25, 0.3) is 0 Å². The van der Waals surface area contributed by atoms with Crippen molar-refractivity contribution in [3.8, 4) is 11.5 Å². The molecule has 2 rings (SSSR count). The van der Waals surface area contributed by atoms with Gasteiger partial charge in [-0.1, -0.05) is 31.9 Å². The zero-order valence-electron chi connectivity index (χ0n) is 12.4. The van der Waals surface area contributed by atoms with Crippen LogP contribution in [0.2, 0.25) is 0 Å². The summed E-state index contributed by atoms with van der Waals surface area (Å²) in [5, 5.41) is 13.7. The highest BCUT2D eigenvalue weighted by atomic mass is 16.5. The molecule has 0 aliphatic heterocycles. The zero-order chi connectivity index (χ0) is 14.4. The summed E-state index contributed by atoms with van der Waals surface area (Å²) in [4.78, 5) is 0. The molecule has 0 amide bonds. The van der Waals surface area contributed by atoms with E-state index in [0.29, 0.717) is 6.61 Å². The van der Waals surface area contributed by atoms with Crippen molar-refractivity contribution in [1.82, 2.24) is 5.32 Å². The largest absolute Gasteiger partial charge is 0.493 e. The van der Waals surface area contributed by atoms with Gasteiger partial charge in [0.1, 0.15) is 6.61 Å². The molecule has 1 aromatic rings. The van der Waals surface area contributed by atoms with E-state index in [9.17, 15) is 5.11 Å². The lowest BCUT2D eigenvalue weighted by Gasteiger charge is -2.24. The van der Waals surface area contributed by atoms with Gasteiger partial charge in [0.2, 0.25) is 0 Å². The lowest BCUT2D eigenvalue weighted by Crippen LogP contribution is -2.32. The van der Waals surface area contributed by atoms with Gasteiger partial charge < -0.3 is 19.9 Å². The standard InChI is InChI=1S/C16H25NO3/c1-3-17-11-13-7-6-8-14(19-2)15(13)20-12-16(18)9-4-5-10-16/h6-8,17-18H,3-5,9-12H2,1-2H3. The Hall–Kier alpha value is -1.26. The van der Waals surface area contributed by atoms with E-state index in [-0.39, 0.29) is 0 Å². The predicted molar refractivity (Wildman–Crippen MR) is 79.3 cm³/mol. The smallest absolute Gasteiger partial charge is 0.165 e. The third-order valence-corrected chi connectivity index (χ3v) is 3.87. The fraction of sp³-hybridized carbons (Fsp3) is 0.625. The van der Waals surface area contributed by atoms with Gasteiger partial charge in [0.25, 0.3) is 0 Å². The highest BCUT2D eigenvalue weighted by molar-refractivity contribution is 5.46. The fourth-order valence-corrected chi connectivity index (χ4v) is 2.67. The maximum absolute atomic E-state index is 10.4. The number of hydrogen-bond acceptors (Lipinski definition) is 4. The molecule has 0 aromatic heterocycles. The molecule has 0 heterocycles. The van der Waals surface area contributed by atoms with Crippen molar-refractivity contribution >= 4 is 0 Å². The van der Waals surface area contributed by atoms with Gasteiger partial charge in [-0.25, -0.2) is 0 Å². The number of aliphatic hydroxyl groups is 1. The molecule has 20 heavy (non-hydrogen) atoms. The molecule has 2 N–H and O–H groups in total. The molecule has 1 aliphatic carbocycles. The summed E-state index contributed by atoms with van der Waals surface area (Å²) in [5.41, 5.74) is 0.392.